The zero-order chi connectivity index (χ0) is 11.3. The summed E-state index contributed by atoms with van der Waals surface area (Å²) in [7, 11) is 0. The molecular formula is C11H11NO3. The van der Waals surface area contributed by atoms with Gasteiger partial charge in [-0.05, 0) is 25.5 Å². The van der Waals surface area contributed by atoms with Crippen LogP contribution in [-0.4, -0.2) is 11.5 Å². The Kier molecular flexibility index (Phi) is 3.69. The van der Waals surface area contributed by atoms with Crippen molar-refractivity contribution in [3.8, 4) is 17.6 Å². The van der Waals surface area contributed by atoms with E-state index in [1.807, 2.05) is 6.92 Å². The largest absolute Gasteiger partial charge is 0.474 e. The van der Waals surface area contributed by atoms with Crippen molar-refractivity contribution in [1.82, 2.24) is 0 Å². The standard InChI is InChI=1S/C11H11NO3/c1-3-4-7-15-11-8-9(2)5-6-10(11)12(13)14/h5-6,8H,7H2,1-2H3. The fraction of sp³-hybridized carbons (Fsp3) is 0.273. The van der Waals surface area contributed by atoms with Gasteiger partial charge in [0.1, 0.15) is 6.61 Å². The minimum atomic E-state index is -0.464. The number of hydrogen-bond acceptors (Lipinski definition) is 3. The van der Waals surface area contributed by atoms with Gasteiger partial charge >= 0.3 is 5.69 Å². The molecule has 0 aliphatic carbocycles. The van der Waals surface area contributed by atoms with Crippen molar-refractivity contribution < 1.29 is 9.66 Å². The molecule has 0 aliphatic rings. The molecule has 1 aromatic carbocycles. The molecule has 0 bridgehead atoms. The zero-order valence-corrected chi connectivity index (χ0v) is 8.61. The molecule has 78 valence electrons. The number of nitro groups is 1. The van der Waals surface area contributed by atoms with E-state index in [1.165, 1.54) is 6.07 Å². The summed E-state index contributed by atoms with van der Waals surface area (Å²) in [6.45, 7) is 3.71. The number of benzene rings is 1. The third-order valence-electron chi connectivity index (χ3n) is 1.79. The van der Waals surface area contributed by atoms with Crippen LogP contribution < -0.4 is 4.74 Å². The van der Waals surface area contributed by atoms with Crippen molar-refractivity contribution in [3.63, 3.8) is 0 Å². The van der Waals surface area contributed by atoms with Crippen LogP contribution >= 0.6 is 0 Å². The third-order valence-corrected chi connectivity index (χ3v) is 1.79. The van der Waals surface area contributed by atoms with Gasteiger partial charge in [0.2, 0.25) is 0 Å². The zero-order valence-electron chi connectivity index (χ0n) is 8.61. The fourth-order valence-corrected chi connectivity index (χ4v) is 1.07. The van der Waals surface area contributed by atoms with E-state index < -0.39 is 4.92 Å². The predicted octanol–water partition coefficient (Wildman–Crippen LogP) is 2.31. The summed E-state index contributed by atoms with van der Waals surface area (Å²) in [5.41, 5.74) is 0.888. The molecule has 4 heteroatoms. The second-order valence-electron chi connectivity index (χ2n) is 2.94. The first-order valence-electron chi connectivity index (χ1n) is 4.42. The summed E-state index contributed by atoms with van der Waals surface area (Å²) in [4.78, 5) is 10.2. The van der Waals surface area contributed by atoms with Crippen molar-refractivity contribution >= 4 is 5.69 Å². The first kappa shape index (κ1) is 11.1. The quantitative estimate of drug-likeness (QED) is 0.432. The van der Waals surface area contributed by atoms with Gasteiger partial charge in [0.25, 0.3) is 0 Å². The molecule has 0 saturated carbocycles. The highest BCUT2D eigenvalue weighted by molar-refractivity contribution is 5.48. The summed E-state index contributed by atoms with van der Waals surface area (Å²) in [6.07, 6.45) is 0. The second kappa shape index (κ2) is 5.01. The molecule has 0 atom stereocenters. The van der Waals surface area contributed by atoms with E-state index >= 15 is 0 Å². The van der Waals surface area contributed by atoms with E-state index in [-0.39, 0.29) is 18.0 Å². The molecule has 15 heavy (non-hydrogen) atoms. The van der Waals surface area contributed by atoms with Crippen LogP contribution in [0.4, 0.5) is 5.69 Å². The first-order valence-corrected chi connectivity index (χ1v) is 4.42. The Balaban J connectivity index is 2.95. The Labute approximate surface area is 88.0 Å². The van der Waals surface area contributed by atoms with Gasteiger partial charge in [-0.3, -0.25) is 10.1 Å². The maximum Gasteiger partial charge on any atom is 0.310 e. The molecule has 1 aromatic rings. The van der Waals surface area contributed by atoms with Crippen LogP contribution in [0.25, 0.3) is 0 Å². The second-order valence-corrected chi connectivity index (χ2v) is 2.94. The first-order chi connectivity index (χ1) is 7.15. The topological polar surface area (TPSA) is 52.4 Å². The van der Waals surface area contributed by atoms with Gasteiger partial charge in [0, 0.05) is 6.07 Å². The number of hydrogen-bond donors (Lipinski definition) is 0. The van der Waals surface area contributed by atoms with Gasteiger partial charge < -0.3 is 4.74 Å². The van der Waals surface area contributed by atoms with Gasteiger partial charge in [-0.15, -0.1) is 5.92 Å². The molecule has 0 saturated heterocycles. The summed E-state index contributed by atoms with van der Waals surface area (Å²) >= 11 is 0. The summed E-state index contributed by atoms with van der Waals surface area (Å²) in [6, 6.07) is 4.75. The number of nitro benzene ring substituents is 1. The summed E-state index contributed by atoms with van der Waals surface area (Å²) in [5.74, 6) is 5.61. The molecule has 0 aromatic heterocycles. The molecule has 0 aliphatic heterocycles. The van der Waals surface area contributed by atoms with Gasteiger partial charge in [0.05, 0.1) is 4.92 Å². The van der Waals surface area contributed by atoms with Gasteiger partial charge in [-0.2, -0.15) is 0 Å². The predicted molar refractivity (Wildman–Crippen MR) is 56.8 cm³/mol. The SMILES string of the molecule is CC#CCOc1cc(C)ccc1[N+](=O)[O-]. The lowest BCUT2D eigenvalue weighted by Crippen LogP contribution is -1.98. The third kappa shape index (κ3) is 2.99. The molecule has 4 nitrogen and oxygen atoms in total. The molecule has 0 radical (unpaired) electrons. The molecule has 1 rings (SSSR count). The average Bonchev–Trinajstić information content (AvgIpc) is 2.18. The number of rotatable bonds is 3. The van der Waals surface area contributed by atoms with Crippen molar-refractivity contribution in [3.05, 3.63) is 33.9 Å². The molecule has 0 heterocycles. The molecule has 0 unspecified atom stereocenters. The maximum atomic E-state index is 10.7. The molecule has 0 N–H and O–H groups in total. The monoisotopic (exact) mass is 205 g/mol. The summed E-state index contributed by atoms with van der Waals surface area (Å²) < 4.78 is 5.20. The van der Waals surface area contributed by atoms with E-state index in [1.54, 1.807) is 19.1 Å². The number of aryl methyl sites for hydroxylation is 1. The van der Waals surface area contributed by atoms with Crippen molar-refractivity contribution in [2.75, 3.05) is 6.61 Å². The van der Waals surface area contributed by atoms with Crippen LogP contribution in [0, 0.1) is 28.9 Å². The Morgan fingerprint density at radius 3 is 2.87 bits per heavy atom. The van der Waals surface area contributed by atoms with Crippen LogP contribution in [0.2, 0.25) is 0 Å². The molecular weight excluding hydrogens is 194 g/mol. The van der Waals surface area contributed by atoms with E-state index in [9.17, 15) is 10.1 Å². The highest BCUT2D eigenvalue weighted by Crippen LogP contribution is 2.27. The lowest BCUT2D eigenvalue weighted by molar-refractivity contribution is -0.385. The van der Waals surface area contributed by atoms with Crippen LogP contribution in [0.5, 0.6) is 5.75 Å². The Hall–Kier alpha value is -2.02. The van der Waals surface area contributed by atoms with Crippen LogP contribution in [0.3, 0.4) is 0 Å². The van der Waals surface area contributed by atoms with Gasteiger partial charge in [-0.1, -0.05) is 12.0 Å². The highest BCUT2D eigenvalue weighted by Gasteiger charge is 2.13. The van der Waals surface area contributed by atoms with Crippen LogP contribution in [0.15, 0.2) is 18.2 Å². The Morgan fingerprint density at radius 1 is 1.53 bits per heavy atom. The fourth-order valence-electron chi connectivity index (χ4n) is 1.07. The lowest BCUT2D eigenvalue weighted by atomic mass is 10.2. The highest BCUT2D eigenvalue weighted by atomic mass is 16.6. The van der Waals surface area contributed by atoms with Crippen molar-refractivity contribution in [1.29, 1.82) is 0 Å². The van der Waals surface area contributed by atoms with E-state index in [2.05, 4.69) is 11.8 Å². The Bertz CT molecular complexity index is 429. The molecule has 0 fully saturated rings. The number of nitrogens with zero attached hydrogens (tertiary/aromatic N) is 1. The van der Waals surface area contributed by atoms with E-state index in [0.717, 1.165) is 5.56 Å². The normalized spacial score (nSPS) is 8.93. The lowest BCUT2D eigenvalue weighted by Gasteiger charge is -2.03. The van der Waals surface area contributed by atoms with Crippen LogP contribution in [-0.2, 0) is 0 Å². The molecule has 0 spiro atoms. The van der Waals surface area contributed by atoms with Crippen molar-refractivity contribution in [2.24, 2.45) is 0 Å². The maximum absolute atomic E-state index is 10.7. The van der Waals surface area contributed by atoms with Crippen molar-refractivity contribution in [2.45, 2.75) is 13.8 Å². The minimum Gasteiger partial charge on any atom is -0.474 e. The van der Waals surface area contributed by atoms with Gasteiger partial charge in [-0.25, -0.2) is 0 Å². The Morgan fingerprint density at radius 2 is 2.27 bits per heavy atom. The van der Waals surface area contributed by atoms with E-state index in [0.29, 0.717) is 0 Å². The average molecular weight is 205 g/mol. The van der Waals surface area contributed by atoms with Gasteiger partial charge in [0.15, 0.2) is 5.75 Å². The smallest absolute Gasteiger partial charge is 0.310 e. The molecule has 0 amide bonds. The summed E-state index contributed by atoms with van der Waals surface area (Å²) in [5, 5.41) is 10.7. The minimum absolute atomic E-state index is 0.0292. The van der Waals surface area contributed by atoms with Crippen LogP contribution in [0.1, 0.15) is 12.5 Å². The van der Waals surface area contributed by atoms with E-state index in [4.69, 9.17) is 4.74 Å². The number of ether oxygens (including phenoxy) is 1.